The van der Waals surface area contributed by atoms with Gasteiger partial charge in [-0.1, -0.05) is 211 Å². The Bertz CT molecular complexity index is 1620. The summed E-state index contributed by atoms with van der Waals surface area (Å²) in [4.78, 5) is 0. The first-order chi connectivity index (χ1) is 30.6. The van der Waals surface area contributed by atoms with Gasteiger partial charge in [-0.05, 0) is 70.9 Å². The molecule has 62 heavy (non-hydrogen) atoms. The Balaban J connectivity index is 0.943. The van der Waals surface area contributed by atoms with E-state index < -0.39 is 0 Å². The summed E-state index contributed by atoms with van der Waals surface area (Å²) in [7, 11) is 0. The lowest BCUT2D eigenvalue weighted by molar-refractivity contribution is 0.707. The van der Waals surface area contributed by atoms with Gasteiger partial charge in [-0.15, -0.1) is 94.1 Å². The summed E-state index contributed by atoms with van der Waals surface area (Å²) in [6.07, 6.45) is 21.6. The molecular formula is C46H62S16. The minimum Gasteiger partial charge on any atom is -0.117 e. The number of fused-ring (bicyclic) bond motifs is 2. The van der Waals surface area contributed by atoms with Crippen molar-refractivity contribution in [2.45, 2.75) is 153 Å². The Morgan fingerprint density at radius 1 is 0.306 bits per heavy atom. The fourth-order valence-electron chi connectivity index (χ4n) is 6.81. The maximum atomic E-state index is 2.61. The van der Waals surface area contributed by atoms with Crippen LogP contribution < -0.4 is 0 Å². The fraction of sp³-hybridized carbons (Fsp3) is 0.609. The van der Waals surface area contributed by atoms with Gasteiger partial charge in [0.15, 0.2) is 0 Å². The molecule has 0 amide bonds. The van der Waals surface area contributed by atoms with Crippen LogP contribution in [0.2, 0.25) is 0 Å². The van der Waals surface area contributed by atoms with Crippen LogP contribution >= 0.6 is 188 Å². The number of unbranched alkanes of at least 4 members (excludes halogenated alkanes) is 12. The van der Waals surface area contributed by atoms with Crippen molar-refractivity contribution in [1.29, 1.82) is 0 Å². The van der Waals surface area contributed by atoms with Gasteiger partial charge in [0.05, 0.1) is 50.8 Å². The zero-order chi connectivity index (χ0) is 42.9. The van der Waals surface area contributed by atoms with Crippen molar-refractivity contribution >= 4 is 188 Å². The summed E-state index contributed by atoms with van der Waals surface area (Å²) >= 11 is 33.6. The van der Waals surface area contributed by atoms with Crippen LogP contribution in [0.1, 0.15) is 153 Å². The van der Waals surface area contributed by atoms with Gasteiger partial charge in [-0.2, -0.15) is 0 Å². The molecular weight excluding hydrogens is 1070 g/mol. The highest BCUT2D eigenvalue weighted by Gasteiger charge is 2.34. The number of rotatable bonds is 24. The van der Waals surface area contributed by atoms with Crippen molar-refractivity contribution in [3.05, 3.63) is 85.2 Å². The number of hydrogen-bond acceptors (Lipinski definition) is 16. The van der Waals surface area contributed by atoms with Crippen LogP contribution in [0.4, 0.5) is 0 Å². The molecule has 7 rings (SSSR count). The molecule has 0 nitrogen and oxygen atoms in total. The molecule has 0 atom stereocenters. The number of benzene rings is 1. The lowest BCUT2D eigenvalue weighted by Crippen LogP contribution is -2.01. The minimum atomic E-state index is 1.08. The molecule has 0 bridgehead atoms. The van der Waals surface area contributed by atoms with Gasteiger partial charge >= 0.3 is 0 Å². The largest absolute Gasteiger partial charge is 0.117 e. The van der Waals surface area contributed by atoms with E-state index in [1.165, 1.54) is 134 Å². The van der Waals surface area contributed by atoms with Gasteiger partial charge in [0, 0.05) is 23.0 Å². The quantitative estimate of drug-likeness (QED) is 0.0901. The van der Waals surface area contributed by atoms with E-state index in [0.29, 0.717) is 0 Å². The van der Waals surface area contributed by atoms with Crippen molar-refractivity contribution in [3.8, 4) is 0 Å². The topological polar surface area (TPSA) is 0 Å². The predicted molar refractivity (Wildman–Crippen MR) is 321 cm³/mol. The van der Waals surface area contributed by atoms with Crippen LogP contribution in [-0.2, 0) is 23.0 Å². The Morgan fingerprint density at radius 3 is 0.790 bits per heavy atom. The van der Waals surface area contributed by atoms with Crippen LogP contribution in [0.25, 0.3) is 0 Å². The Kier molecular flexibility index (Phi) is 25.3. The van der Waals surface area contributed by atoms with Crippen LogP contribution in [0, 0.1) is 0 Å². The molecule has 0 saturated carbocycles. The fourth-order valence-corrected chi connectivity index (χ4v) is 31.1. The van der Waals surface area contributed by atoms with Crippen LogP contribution in [-0.4, -0.2) is 23.0 Å². The molecule has 0 saturated heterocycles. The van der Waals surface area contributed by atoms with E-state index in [0.717, 1.165) is 23.0 Å². The molecule has 16 heteroatoms. The molecule has 342 valence electrons. The highest BCUT2D eigenvalue weighted by Crippen LogP contribution is 2.69. The summed E-state index contributed by atoms with van der Waals surface area (Å²) in [6, 6.07) is 5.23. The first-order valence-electron chi connectivity index (χ1n) is 22.6. The van der Waals surface area contributed by atoms with Crippen molar-refractivity contribution < 1.29 is 0 Å². The lowest BCUT2D eigenvalue weighted by Gasteiger charge is -2.20. The molecule has 0 unspecified atom stereocenters. The van der Waals surface area contributed by atoms with Gasteiger partial charge in [0.1, 0.15) is 0 Å². The zero-order valence-corrected chi connectivity index (χ0v) is 49.7. The molecule has 0 radical (unpaired) electrons. The van der Waals surface area contributed by atoms with Gasteiger partial charge in [0.2, 0.25) is 0 Å². The SMILES string of the molecule is CCCCCCSC1=C(SCCCCCC)SC(=C2SC3=C(SCc4cc5c(cc4CS3)CSC3=C(SC5)SC(=C4SC(SCCCCCC)=C(SCCCCCC)S4)S3)S2)S1. The van der Waals surface area contributed by atoms with Gasteiger partial charge in [-0.25, -0.2) is 0 Å². The zero-order valence-electron chi connectivity index (χ0n) is 36.7. The summed E-state index contributed by atoms with van der Waals surface area (Å²) in [5.41, 5.74) is 6.26. The van der Waals surface area contributed by atoms with Crippen molar-refractivity contribution in [1.82, 2.24) is 0 Å². The molecule has 0 spiro atoms. The third-order valence-corrected chi connectivity index (χ3v) is 34.0. The first kappa shape index (κ1) is 53.1. The highest BCUT2D eigenvalue weighted by atomic mass is 32.3. The maximum absolute atomic E-state index is 2.61. The van der Waals surface area contributed by atoms with Gasteiger partial charge in [0.25, 0.3) is 0 Å². The van der Waals surface area contributed by atoms with Crippen molar-refractivity contribution in [3.63, 3.8) is 0 Å². The highest BCUT2D eigenvalue weighted by molar-refractivity contribution is 8.46. The van der Waals surface area contributed by atoms with E-state index in [-0.39, 0.29) is 0 Å². The van der Waals surface area contributed by atoms with Crippen LogP contribution in [0.5, 0.6) is 0 Å². The molecule has 0 fully saturated rings. The second kappa shape index (κ2) is 29.6. The lowest BCUT2D eigenvalue weighted by atomic mass is 10.0. The first-order valence-corrected chi connectivity index (χ1v) is 37.0. The summed E-state index contributed by atoms with van der Waals surface area (Å²) in [5, 5.41) is 0. The summed E-state index contributed by atoms with van der Waals surface area (Å²) < 4.78 is 18.7. The standard InChI is InChI=1S/C46H62S16/c1-5-9-13-17-21-47-35-36(48-22-18-14-10-6-2)56-43(55-35)45-59-39-40(60-45)52-28-32-26-34-30-54-42-41(53-29-33(34)25-31(32)27-51-39)61-46(62-42)44-57-37(49-23-19-15-11-7-3)38(58-44)50-24-20-16-12-8-4/h25-26H,5-24,27-30H2,1-4H3. The second-order valence-electron chi connectivity index (χ2n) is 15.4. The second-order valence-corrected chi connectivity index (χ2v) is 35.1. The van der Waals surface area contributed by atoms with Crippen molar-refractivity contribution in [2.75, 3.05) is 23.0 Å². The molecule has 0 aromatic heterocycles. The molecule has 6 heterocycles. The molecule has 0 N–H and O–H groups in total. The average molecular weight is 1130 g/mol. The van der Waals surface area contributed by atoms with Crippen LogP contribution in [0.3, 0.4) is 0 Å². The summed E-state index contributed by atoms with van der Waals surface area (Å²) in [5.74, 6) is 9.37. The number of thioether (sulfide) groups is 16. The minimum absolute atomic E-state index is 1.08. The van der Waals surface area contributed by atoms with Gasteiger partial charge < -0.3 is 0 Å². The monoisotopic (exact) mass is 1130 g/mol. The van der Waals surface area contributed by atoms with E-state index >= 15 is 0 Å². The molecule has 1 aromatic carbocycles. The van der Waals surface area contributed by atoms with E-state index in [2.05, 4.69) is 228 Å². The average Bonchev–Trinajstić information content (AvgIpc) is 4.07. The number of hydrogen-bond donors (Lipinski definition) is 0. The predicted octanol–water partition coefficient (Wildman–Crippen LogP) is 22.6. The smallest absolute Gasteiger partial charge is 0.0717 e. The normalized spacial score (nSPS) is 19.4. The molecule has 1 aromatic rings. The molecule has 0 aliphatic carbocycles. The van der Waals surface area contributed by atoms with Crippen molar-refractivity contribution in [2.24, 2.45) is 0 Å². The van der Waals surface area contributed by atoms with E-state index in [4.69, 9.17) is 0 Å². The molecule has 6 aliphatic heterocycles. The summed E-state index contributed by atoms with van der Waals surface area (Å²) in [6.45, 7) is 9.27. The molecule has 6 aliphatic rings. The van der Waals surface area contributed by atoms with Gasteiger partial charge in [-0.3, -0.25) is 0 Å². The Labute approximate surface area is 444 Å². The third kappa shape index (κ3) is 16.1. The van der Waals surface area contributed by atoms with E-state index in [9.17, 15) is 0 Å². The maximum Gasteiger partial charge on any atom is 0.0717 e. The third-order valence-electron chi connectivity index (χ3n) is 10.4. The van der Waals surface area contributed by atoms with Crippen LogP contribution in [0.15, 0.2) is 63.0 Å². The Morgan fingerprint density at radius 2 is 0.548 bits per heavy atom. The van der Waals surface area contributed by atoms with E-state index in [1.54, 1.807) is 64.6 Å². The van der Waals surface area contributed by atoms with E-state index in [1.807, 2.05) is 0 Å². The Hall–Kier alpha value is 3.26.